The molecule has 1 fully saturated rings. The van der Waals surface area contributed by atoms with Crippen LogP contribution in [0.4, 0.5) is 0 Å². The number of piperazine rings is 1. The summed E-state index contributed by atoms with van der Waals surface area (Å²) in [7, 11) is 1.75. The molecule has 6 heteroatoms. The first-order valence-corrected chi connectivity index (χ1v) is 6.43. The van der Waals surface area contributed by atoms with E-state index in [9.17, 15) is 0 Å². The van der Waals surface area contributed by atoms with Crippen molar-refractivity contribution in [3.8, 4) is 0 Å². The first-order valence-electron chi connectivity index (χ1n) is 6.43. The average Bonchev–Trinajstić information content (AvgIpc) is 2.74. The van der Waals surface area contributed by atoms with Gasteiger partial charge in [-0.1, -0.05) is 5.16 Å². The molecule has 0 spiro atoms. The second kappa shape index (κ2) is 6.26. The van der Waals surface area contributed by atoms with Crippen molar-refractivity contribution in [3.05, 3.63) is 11.7 Å². The van der Waals surface area contributed by atoms with Crippen LogP contribution in [0, 0.1) is 6.92 Å². The zero-order valence-electron chi connectivity index (χ0n) is 11.4. The van der Waals surface area contributed by atoms with Gasteiger partial charge in [-0.15, -0.1) is 0 Å². The Morgan fingerprint density at radius 1 is 1.44 bits per heavy atom. The van der Waals surface area contributed by atoms with Gasteiger partial charge in [-0.25, -0.2) is 0 Å². The van der Waals surface area contributed by atoms with Gasteiger partial charge in [0.05, 0.1) is 13.2 Å². The van der Waals surface area contributed by atoms with E-state index in [0.717, 1.165) is 45.2 Å². The van der Waals surface area contributed by atoms with Crippen molar-refractivity contribution >= 4 is 0 Å². The maximum Gasteiger partial charge on any atom is 0.223 e. The van der Waals surface area contributed by atoms with E-state index >= 15 is 0 Å². The molecule has 1 unspecified atom stereocenters. The third kappa shape index (κ3) is 3.51. The van der Waals surface area contributed by atoms with Gasteiger partial charge < -0.3 is 9.26 Å². The SMILES string of the molecule is COCCN1CCN(Cc2noc(C)n2)CC1C. The summed E-state index contributed by atoms with van der Waals surface area (Å²) < 4.78 is 10.1. The molecule has 0 bridgehead atoms. The number of methoxy groups -OCH3 is 1. The van der Waals surface area contributed by atoms with Gasteiger partial charge in [0.1, 0.15) is 0 Å². The highest BCUT2D eigenvalue weighted by atomic mass is 16.5. The monoisotopic (exact) mass is 254 g/mol. The van der Waals surface area contributed by atoms with Crippen molar-refractivity contribution in [1.29, 1.82) is 0 Å². The lowest BCUT2D eigenvalue weighted by atomic mass is 10.2. The van der Waals surface area contributed by atoms with E-state index in [2.05, 4.69) is 26.9 Å². The van der Waals surface area contributed by atoms with E-state index in [-0.39, 0.29) is 0 Å². The minimum atomic E-state index is 0.543. The number of aromatic nitrogens is 2. The van der Waals surface area contributed by atoms with E-state index in [1.807, 2.05) is 6.92 Å². The van der Waals surface area contributed by atoms with Crippen molar-refractivity contribution in [2.45, 2.75) is 26.4 Å². The van der Waals surface area contributed by atoms with Crippen LogP contribution < -0.4 is 0 Å². The van der Waals surface area contributed by atoms with Crippen LogP contribution in [0.2, 0.25) is 0 Å². The standard InChI is InChI=1S/C12H22N4O2/c1-10-8-15(4-5-16(10)6-7-17-3)9-12-13-11(2)18-14-12/h10H,4-9H2,1-3H3. The fraction of sp³-hybridized carbons (Fsp3) is 0.833. The van der Waals surface area contributed by atoms with Gasteiger partial charge in [-0.05, 0) is 6.92 Å². The Morgan fingerprint density at radius 2 is 2.28 bits per heavy atom. The first-order chi connectivity index (χ1) is 8.69. The molecule has 1 aliphatic rings. The van der Waals surface area contributed by atoms with Gasteiger partial charge in [0.2, 0.25) is 5.89 Å². The molecule has 1 atom stereocenters. The van der Waals surface area contributed by atoms with E-state index in [1.54, 1.807) is 7.11 Å². The second-order valence-corrected chi connectivity index (χ2v) is 4.84. The second-order valence-electron chi connectivity index (χ2n) is 4.84. The van der Waals surface area contributed by atoms with Crippen molar-refractivity contribution in [2.24, 2.45) is 0 Å². The molecule has 1 aromatic heterocycles. The molecular formula is C12H22N4O2. The van der Waals surface area contributed by atoms with Crippen LogP contribution in [0.5, 0.6) is 0 Å². The summed E-state index contributed by atoms with van der Waals surface area (Å²) in [4.78, 5) is 9.08. The highest BCUT2D eigenvalue weighted by Gasteiger charge is 2.24. The first kappa shape index (κ1) is 13.5. The maximum absolute atomic E-state index is 5.13. The Kier molecular flexibility index (Phi) is 4.68. The summed E-state index contributed by atoms with van der Waals surface area (Å²) in [6.07, 6.45) is 0. The van der Waals surface area contributed by atoms with Gasteiger partial charge in [-0.2, -0.15) is 4.98 Å². The third-order valence-corrected chi connectivity index (χ3v) is 3.37. The average molecular weight is 254 g/mol. The zero-order valence-corrected chi connectivity index (χ0v) is 11.4. The van der Waals surface area contributed by atoms with Crippen molar-refractivity contribution in [2.75, 3.05) is 39.9 Å². The van der Waals surface area contributed by atoms with Crippen molar-refractivity contribution < 1.29 is 9.26 Å². The van der Waals surface area contributed by atoms with Crippen LogP contribution in [-0.2, 0) is 11.3 Å². The van der Waals surface area contributed by atoms with E-state index in [4.69, 9.17) is 9.26 Å². The molecule has 2 rings (SSSR count). The van der Waals surface area contributed by atoms with E-state index in [0.29, 0.717) is 11.9 Å². The van der Waals surface area contributed by atoms with Gasteiger partial charge in [0.25, 0.3) is 0 Å². The van der Waals surface area contributed by atoms with Crippen molar-refractivity contribution in [3.63, 3.8) is 0 Å². The molecule has 1 saturated heterocycles. The Bertz CT molecular complexity index is 369. The molecule has 0 radical (unpaired) electrons. The number of nitrogens with zero attached hydrogens (tertiary/aromatic N) is 4. The maximum atomic E-state index is 5.13. The third-order valence-electron chi connectivity index (χ3n) is 3.37. The molecule has 18 heavy (non-hydrogen) atoms. The molecule has 0 N–H and O–H groups in total. The molecule has 0 saturated carbocycles. The number of ether oxygens (including phenoxy) is 1. The lowest BCUT2D eigenvalue weighted by Crippen LogP contribution is -2.52. The molecule has 1 aliphatic heterocycles. The number of hydrogen-bond donors (Lipinski definition) is 0. The molecule has 0 aliphatic carbocycles. The van der Waals surface area contributed by atoms with Crippen LogP contribution in [0.15, 0.2) is 4.52 Å². The number of rotatable bonds is 5. The highest BCUT2D eigenvalue weighted by molar-refractivity contribution is 4.87. The summed E-state index contributed by atoms with van der Waals surface area (Å²) in [6.45, 7) is 9.81. The normalized spacial score (nSPS) is 22.5. The fourth-order valence-electron chi connectivity index (χ4n) is 2.36. The van der Waals surface area contributed by atoms with Crippen LogP contribution in [0.1, 0.15) is 18.6 Å². The minimum absolute atomic E-state index is 0.543. The van der Waals surface area contributed by atoms with Crippen LogP contribution in [0.3, 0.4) is 0 Å². The van der Waals surface area contributed by atoms with Gasteiger partial charge in [-0.3, -0.25) is 9.80 Å². The number of hydrogen-bond acceptors (Lipinski definition) is 6. The quantitative estimate of drug-likeness (QED) is 0.764. The lowest BCUT2D eigenvalue weighted by Gasteiger charge is -2.39. The molecule has 6 nitrogen and oxygen atoms in total. The Labute approximate surface area is 108 Å². The van der Waals surface area contributed by atoms with Crippen LogP contribution >= 0.6 is 0 Å². The number of aryl methyl sites for hydroxylation is 1. The predicted octanol–water partition coefficient (Wildman–Crippen LogP) is 0.531. The smallest absolute Gasteiger partial charge is 0.223 e. The summed E-state index contributed by atoms with van der Waals surface area (Å²) >= 11 is 0. The van der Waals surface area contributed by atoms with E-state index < -0.39 is 0 Å². The molecule has 102 valence electrons. The van der Waals surface area contributed by atoms with Gasteiger partial charge in [0, 0.05) is 46.3 Å². The minimum Gasteiger partial charge on any atom is -0.383 e. The van der Waals surface area contributed by atoms with Crippen LogP contribution in [0.25, 0.3) is 0 Å². The summed E-state index contributed by atoms with van der Waals surface area (Å²) in [5.41, 5.74) is 0. The topological polar surface area (TPSA) is 54.6 Å². The Balaban J connectivity index is 1.80. The van der Waals surface area contributed by atoms with Gasteiger partial charge in [0.15, 0.2) is 5.82 Å². The predicted molar refractivity (Wildman–Crippen MR) is 67.2 cm³/mol. The van der Waals surface area contributed by atoms with Crippen molar-refractivity contribution in [1.82, 2.24) is 19.9 Å². The Morgan fingerprint density at radius 3 is 2.89 bits per heavy atom. The summed E-state index contributed by atoms with van der Waals surface area (Å²) in [5, 5.41) is 3.94. The van der Waals surface area contributed by atoms with E-state index in [1.165, 1.54) is 0 Å². The molecule has 1 aromatic rings. The molecular weight excluding hydrogens is 232 g/mol. The Hall–Kier alpha value is -0.980. The lowest BCUT2D eigenvalue weighted by molar-refractivity contribution is 0.0543. The molecule has 0 amide bonds. The summed E-state index contributed by atoms with van der Waals surface area (Å²) in [6, 6.07) is 0.543. The zero-order chi connectivity index (χ0) is 13.0. The van der Waals surface area contributed by atoms with Gasteiger partial charge >= 0.3 is 0 Å². The summed E-state index contributed by atoms with van der Waals surface area (Å²) in [5.74, 6) is 1.42. The molecule has 2 heterocycles. The highest BCUT2D eigenvalue weighted by Crippen LogP contribution is 2.11. The van der Waals surface area contributed by atoms with Crippen LogP contribution in [-0.4, -0.2) is 65.9 Å². The molecule has 0 aromatic carbocycles. The largest absolute Gasteiger partial charge is 0.383 e. The fourth-order valence-corrected chi connectivity index (χ4v) is 2.36.